The second-order valence-corrected chi connectivity index (χ2v) is 8.45. The molecule has 0 spiro atoms. The highest BCUT2D eigenvalue weighted by Crippen LogP contribution is 2.19. The predicted octanol–water partition coefficient (Wildman–Crippen LogP) is 0.912. The van der Waals surface area contributed by atoms with Gasteiger partial charge in [-0.25, -0.2) is 14.2 Å². The van der Waals surface area contributed by atoms with Crippen LogP contribution in [0.4, 0.5) is 26.5 Å². The van der Waals surface area contributed by atoms with Gasteiger partial charge in [0.15, 0.2) is 0 Å². The summed E-state index contributed by atoms with van der Waals surface area (Å²) < 4.78 is 17.6. The number of rotatable bonds is 16. The first-order valence-corrected chi connectivity index (χ1v) is 12.3. The summed E-state index contributed by atoms with van der Waals surface area (Å²) in [5.74, 6) is -4.46. The smallest absolute Gasteiger partial charge is 0.411 e. The molecule has 17 heteroatoms. The molecule has 0 bridgehead atoms. The molecule has 0 aliphatic heterocycles. The summed E-state index contributed by atoms with van der Waals surface area (Å²) in [5.41, 5.74) is 7.08. The molecule has 0 radical (unpaired) electrons. The Morgan fingerprint density at radius 1 is 0.833 bits per heavy atom. The fourth-order valence-electron chi connectivity index (χ4n) is 3.23. The number of amides is 1. The van der Waals surface area contributed by atoms with Crippen LogP contribution in [0.1, 0.15) is 12.5 Å². The van der Waals surface area contributed by atoms with Crippen molar-refractivity contribution in [3.8, 4) is 0 Å². The maximum absolute atomic E-state index is 12.8. The minimum atomic E-state index is -1.23. The van der Waals surface area contributed by atoms with E-state index in [0.717, 1.165) is 15.4 Å². The average Bonchev–Trinajstić information content (AvgIpc) is 2.87. The van der Waals surface area contributed by atoms with E-state index in [2.05, 4.69) is 15.6 Å². The molecule has 16 nitrogen and oxygen atoms in total. The summed E-state index contributed by atoms with van der Waals surface area (Å²) in [6.45, 7) is 0.219. The Hall–Kier alpha value is -5.03. The minimum Gasteiger partial charge on any atom is -0.480 e. The van der Waals surface area contributed by atoms with E-state index in [1.54, 1.807) is 31.2 Å². The third kappa shape index (κ3) is 15.5. The molecule has 0 unspecified atom stereocenters. The molecule has 8 N–H and O–H groups in total. The van der Waals surface area contributed by atoms with E-state index in [4.69, 9.17) is 30.9 Å². The largest absolute Gasteiger partial charge is 0.480 e. The minimum absolute atomic E-state index is 0.0703. The van der Waals surface area contributed by atoms with Crippen molar-refractivity contribution in [1.82, 2.24) is 14.8 Å². The molecule has 42 heavy (non-hydrogen) atoms. The van der Waals surface area contributed by atoms with Crippen molar-refractivity contribution >= 4 is 47.3 Å². The van der Waals surface area contributed by atoms with Crippen LogP contribution in [0.25, 0.3) is 0 Å². The molecule has 1 amide bonds. The second-order valence-electron chi connectivity index (χ2n) is 8.45. The molecule has 0 saturated heterocycles. The number of nitrogens with two attached hydrogens (primary N) is 1. The summed E-state index contributed by atoms with van der Waals surface area (Å²) in [4.78, 5) is 59.8. The van der Waals surface area contributed by atoms with E-state index in [1.807, 2.05) is 0 Å². The van der Waals surface area contributed by atoms with E-state index in [9.17, 15) is 28.4 Å². The van der Waals surface area contributed by atoms with Crippen LogP contribution in [-0.4, -0.2) is 111 Å². The van der Waals surface area contributed by atoms with Gasteiger partial charge in [0.25, 0.3) is 0 Å². The monoisotopic (exact) mass is 596 g/mol. The highest BCUT2D eigenvalue weighted by atomic mass is 19.1. The Morgan fingerprint density at radius 2 is 1.31 bits per heavy atom. The van der Waals surface area contributed by atoms with Crippen LogP contribution in [0.2, 0.25) is 0 Å². The molecule has 1 aromatic carbocycles. The van der Waals surface area contributed by atoms with Gasteiger partial charge < -0.3 is 36.2 Å². The predicted molar refractivity (Wildman–Crippen MR) is 146 cm³/mol. The van der Waals surface area contributed by atoms with Gasteiger partial charge in [-0.1, -0.05) is 12.1 Å². The zero-order valence-electron chi connectivity index (χ0n) is 22.7. The van der Waals surface area contributed by atoms with Gasteiger partial charge in [-0.15, -0.1) is 0 Å². The lowest BCUT2D eigenvalue weighted by atomic mass is 10.2. The number of carboxylic acids is 4. The molecular formula is C25H33FN6O10. The molecule has 0 atom stereocenters. The first-order valence-electron chi connectivity index (χ1n) is 12.3. The molecule has 0 aliphatic rings. The molecule has 1 aromatic heterocycles. The maximum atomic E-state index is 12.8. The van der Waals surface area contributed by atoms with Crippen molar-refractivity contribution in [2.75, 3.05) is 62.2 Å². The molecule has 0 aliphatic carbocycles. The quantitative estimate of drug-likeness (QED) is 0.142. The van der Waals surface area contributed by atoms with Crippen molar-refractivity contribution in [2.24, 2.45) is 0 Å². The molecule has 0 fully saturated rings. The summed E-state index contributed by atoms with van der Waals surface area (Å²) >= 11 is 0. The zero-order valence-corrected chi connectivity index (χ0v) is 22.7. The third-order valence-corrected chi connectivity index (χ3v) is 4.99. The maximum Gasteiger partial charge on any atom is 0.411 e. The van der Waals surface area contributed by atoms with Gasteiger partial charge in [0, 0.05) is 19.6 Å². The number of nitrogens with zero attached hydrogens (tertiary/aromatic N) is 3. The van der Waals surface area contributed by atoms with Crippen LogP contribution < -0.4 is 16.4 Å². The van der Waals surface area contributed by atoms with Gasteiger partial charge in [-0.05, 0) is 36.8 Å². The number of benzene rings is 1. The SMILES string of the molecule is CCOC(=O)Nc1ccc(NCc2ccc(F)cc2)nc1N.O=C(O)CN(CCN(CC(=O)O)CC(=O)O)CC(=O)O. The van der Waals surface area contributed by atoms with Crippen molar-refractivity contribution in [3.05, 3.63) is 47.8 Å². The van der Waals surface area contributed by atoms with Gasteiger partial charge in [0.05, 0.1) is 38.5 Å². The standard InChI is InChI=1S/C15H17FN4O2.C10H16N2O8/c1-2-22-15(21)19-12-7-8-13(20-14(12)17)18-9-10-3-5-11(16)6-4-10;13-7(14)3-11(4-8(15)16)1-2-12(5-9(17)18)6-10(19)20/h3-8H,2,9H2,1H3,(H,19,21)(H3,17,18,20);1-6H2,(H,13,14)(H,15,16)(H,17,18)(H,19,20). The summed E-state index contributed by atoms with van der Waals surface area (Å²) in [5, 5.41) is 40.0. The normalized spacial score (nSPS) is 10.4. The van der Waals surface area contributed by atoms with Crippen molar-refractivity contribution in [2.45, 2.75) is 13.5 Å². The van der Waals surface area contributed by atoms with Gasteiger partial charge in [-0.3, -0.25) is 34.3 Å². The number of hydrogen-bond donors (Lipinski definition) is 7. The number of carbonyl (C=O) groups excluding carboxylic acids is 1. The zero-order chi connectivity index (χ0) is 31.7. The Morgan fingerprint density at radius 3 is 1.71 bits per heavy atom. The number of carboxylic acid groups (broad SMARTS) is 4. The second kappa shape index (κ2) is 18.3. The number of ether oxygens (including phenoxy) is 1. The van der Waals surface area contributed by atoms with Gasteiger partial charge in [-0.2, -0.15) is 0 Å². The van der Waals surface area contributed by atoms with E-state index in [-0.39, 0.29) is 31.3 Å². The number of hydrogen-bond acceptors (Lipinski definition) is 11. The van der Waals surface area contributed by atoms with Crippen LogP contribution in [0.5, 0.6) is 0 Å². The Bertz CT molecular complexity index is 1150. The average molecular weight is 597 g/mol. The highest BCUT2D eigenvalue weighted by molar-refractivity contribution is 5.88. The van der Waals surface area contributed by atoms with E-state index in [0.29, 0.717) is 18.1 Å². The lowest BCUT2D eigenvalue weighted by Crippen LogP contribution is -2.43. The summed E-state index contributed by atoms with van der Waals surface area (Å²) in [6, 6.07) is 9.47. The van der Waals surface area contributed by atoms with E-state index >= 15 is 0 Å². The molecular weight excluding hydrogens is 563 g/mol. The van der Waals surface area contributed by atoms with Gasteiger partial charge >= 0.3 is 30.0 Å². The summed E-state index contributed by atoms with van der Waals surface area (Å²) in [6.07, 6.45) is -0.581. The van der Waals surface area contributed by atoms with Crippen LogP contribution in [0.3, 0.4) is 0 Å². The first-order chi connectivity index (χ1) is 19.8. The fourth-order valence-corrected chi connectivity index (χ4v) is 3.23. The lowest BCUT2D eigenvalue weighted by molar-refractivity contribution is -0.145. The number of aliphatic carboxylic acids is 4. The Balaban J connectivity index is 0.000000423. The van der Waals surface area contributed by atoms with Crippen molar-refractivity contribution < 1.29 is 53.5 Å². The number of pyridine rings is 1. The number of anilines is 3. The van der Waals surface area contributed by atoms with Gasteiger partial charge in [0.1, 0.15) is 17.5 Å². The van der Waals surface area contributed by atoms with E-state index in [1.165, 1.54) is 12.1 Å². The first kappa shape index (κ1) is 35.0. The van der Waals surface area contributed by atoms with Crippen molar-refractivity contribution in [1.29, 1.82) is 0 Å². The fraction of sp³-hybridized carbons (Fsp3) is 0.360. The molecule has 230 valence electrons. The Kier molecular flexibility index (Phi) is 15.3. The lowest BCUT2D eigenvalue weighted by Gasteiger charge is -2.23. The molecule has 2 aromatic rings. The van der Waals surface area contributed by atoms with Gasteiger partial charge in [0.2, 0.25) is 0 Å². The number of aromatic nitrogens is 1. The summed E-state index contributed by atoms with van der Waals surface area (Å²) in [7, 11) is 0. The van der Waals surface area contributed by atoms with Crippen molar-refractivity contribution in [3.63, 3.8) is 0 Å². The highest BCUT2D eigenvalue weighted by Gasteiger charge is 2.18. The molecule has 1 heterocycles. The number of carbonyl (C=O) groups is 5. The van der Waals surface area contributed by atoms with Crippen LogP contribution in [-0.2, 0) is 30.5 Å². The number of halogens is 1. The molecule has 2 rings (SSSR count). The topological polar surface area (TPSA) is 245 Å². The van der Waals surface area contributed by atoms with Crippen LogP contribution in [0.15, 0.2) is 36.4 Å². The van der Waals surface area contributed by atoms with E-state index < -0.39 is 56.1 Å². The number of nitrogen functional groups attached to an aromatic ring is 1. The number of nitrogens with one attached hydrogen (secondary N) is 2. The Labute approximate surface area is 239 Å². The molecule has 0 saturated carbocycles. The third-order valence-electron chi connectivity index (χ3n) is 4.99. The van der Waals surface area contributed by atoms with Crippen LogP contribution in [0, 0.1) is 5.82 Å². The van der Waals surface area contributed by atoms with Crippen LogP contribution >= 0.6 is 0 Å².